The molecule has 5 rings (SSSR count). The molecule has 2 amide bonds. The van der Waals surface area contributed by atoms with E-state index in [1.807, 2.05) is 12.2 Å². The van der Waals surface area contributed by atoms with Crippen molar-refractivity contribution in [3.63, 3.8) is 0 Å². The maximum atomic E-state index is 12.8. The fourth-order valence-corrected chi connectivity index (χ4v) is 4.69. The van der Waals surface area contributed by atoms with Crippen LogP contribution in [0.4, 0.5) is 5.82 Å². The van der Waals surface area contributed by atoms with Crippen LogP contribution >= 0.6 is 11.6 Å². The van der Waals surface area contributed by atoms with Crippen LogP contribution in [0.5, 0.6) is 11.6 Å². The van der Waals surface area contributed by atoms with Gasteiger partial charge in [0, 0.05) is 30.4 Å². The van der Waals surface area contributed by atoms with Gasteiger partial charge in [-0.25, -0.2) is 9.67 Å². The Bertz CT molecular complexity index is 1390. The Balaban J connectivity index is 1.42. The highest BCUT2D eigenvalue weighted by Gasteiger charge is 2.47. The van der Waals surface area contributed by atoms with Crippen LogP contribution in [0.15, 0.2) is 66.9 Å². The van der Waals surface area contributed by atoms with Crippen molar-refractivity contribution in [2.24, 2.45) is 5.73 Å². The highest BCUT2D eigenvalue weighted by molar-refractivity contribution is 6.30. The Labute approximate surface area is 217 Å². The van der Waals surface area contributed by atoms with Crippen molar-refractivity contribution in [2.75, 3.05) is 18.9 Å². The SMILES string of the molecule is NC(=O)c1c(-c2ccc(Oc3ccc(Cl)cn3)cc2)nn(C2CCC3(C=C3)N(C(=O)/C=C/CO)C2)c1N. The minimum absolute atomic E-state index is 0.121. The summed E-state index contributed by atoms with van der Waals surface area (Å²) in [6, 6.07) is 10.0. The van der Waals surface area contributed by atoms with Crippen LogP contribution in [0.1, 0.15) is 29.2 Å². The van der Waals surface area contributed by atoms with E-state index in [9.17, 15) is 9.59 Å². The molecule has 3 aromatic rings. The zero-order chi connectivity index (χ0) is 26.2. The van der Waals surface area contributed by atoms with Gasteiger partial charge in [-0.1, -0.05) is 29.8 Å². The zero-order valence-electron chi connectivity index (χ0n) is 19.8. The van der Waals surface area contributed by atoms with E-state index < -0.39 is 5.91 Å². The van der Waals surface area contributed by atoms with Crippen molar-refractivity contribution in [2.45, 2.75) is 24.4 Å². The molecule has 1 unspecified atom stereocenters. The molecule has 0 saturated carbocycles. The number of nitrogen functional groups attached to an aromatic ring is 1. The quantitative estimate of drug-likeness (QED) is 0.320. The van der Waals surface area contributed by atoms with Crippen LogP contribution in [-0.2, 0) is 4.79 Å². The number of nitrogens with two attached hydrogens (primary N) is 2. The van der Waals surface area contributed by atoms with Crippen LogP contribution in [0, 0.1) is 0 Å². The van der Waals surface area contributed by atoms with E-state index in [2.05, 4.69) is 10.1 Å². The number of primary amides is 1. The number of likely N-dealkylation sites (tertiary alicyclic amines) is 1. The van der Waals surface area contributed by atoms with E-state index in [1.165, 1.54) is 18.3 Å². The molecule has 1 aliphatic heterocycles. The number of rotatable bonds is 7. The zero-order valence-corrected chi connectivity index (χ0v) is 20.5. The first-order valence-electron chi connectivity index (χ1n) is 11.7. The number of amides is 2. The Hall–Kier alpha value is -4.15. The van der Waals surface area contributed by atoms with Gasteiger partial charge in [0.05, 0.1) is 23.2 Å². The number of benzene rings is 1. The minimum atomic E-state index is -0.695. The van der Waals surface area contributed by atoms with E-state index in [4.69, 9.17) is 32.9 Å². The van der Waals surface area contributed by atoms with Crippen molar-refractivity contribution < 1.29 is 19.4 Å². The number of aliphatic hydroxyl groups is 1. The average Bonchev–Trinajstić information content (AvgIpc) is 3.57. The summed E-state index contributed by atoms with van der Waals surface area (Å²) in [7, 11) is 0. The number of aliphatic hydroxyl groups excluding tert-OH is 1. The molecule has 0 radical (unpaired) electrons. The highest BCUT2D eigenvalue weighted by atomic mass is 35.5. The molecule has 1 fully saturated rings. The fourth-order valence-electron chi connectivity index (χ4n) is 4.58. The summed E-state index contributed by atoms with van der Waals surface area (Å²) in [6.07, 6.45) is 9.63. The van der Waals surface area contributed by atoms with Gasteiger partial charge < -0.3 is 26.2 Å². The van der Waals surface area contributed by atoms with Crippen LogP contribution < -0.4 is 16.2 Å². The van der Waals surface area contributed by atoms with E-state index in [1.54, 1.807) is 46.0 Å². The fraction of sp³-hybridized carbons (Fsp3) is 0.231. The van der Waals surface area contributed by atoms with E-state index >= 15 is 0 Å². The second-order valence-electron chi connectivity index (χ2n) is 8.91. The molecule has 2 aliphatic rings. The number of anilines is 1. The number of aromatic nitrogens is 3. The highest BCUT2D eigenvalue weighted by Crippen LogP contribution is 2.44. The number of hydrogen-bond donors (Lipinski definition) is 3. The predicted molar refractivity (Wildman–Crippen MR) is 138 cm³/mol. The third kappa shape index (κ3) is 4.81. The van der Waals surface area contributed by atoms with Crippen molar-refractivity contribution >= 4 is 29.2 Å². The lowest BCUT2D eigenvalue weighted by atomic mass is 9.94. The molecule has 1 saturated heterocycles. The number of carbonyl (C=O) groups is 2. The van der Waals surface area contributed by atoms with Gasteiger partial charge in [0.25, 0.3) is 5.91 Å². The number of hydrogen-bond acceptors (Lipinski definition) is 7. The number of pyridine rings is 1. The summed E-state index contributed by atoms with van der Waals surface area (Å²) >= 11 is 5.87. The van der Waals surface area contributed by atoms with Gasteiger partial charge in [0.1, 0.15) is 22.8 Å². The van der Waals surface area contributed by atoms with Gasteiger partial charge in [-0.2, -0.15) is 5.10 Å². The predicted octanol–water partition coefficient (Wildman–Crippen LogP) is 3.09. The summed E-state index contributed by atoms with van der Waals surface area (Å²) in [5, 5.41) is 14.2. The number of piperidine rings is 1. The number of ether oxygens (including phenoxy) is 1. The van der Waals surface area contributed by atoms with Gasteiger partial charge in [0.2, 0.25) is 11.8 Å². The van der Waals surface area contributed by atoms with Gasteiger partial charge in [-0.15, -0.1) is 0 Å². The first-order chi connectivity index (χ1) is 17.8. The van der Waals surface area contributed by atoms with Gasteiger partial charge in [-0.05, 0) is 43.2 Å². The monoisotopic (exact) mass is 520 g/mol. The molecule has 10 nitrogen and oxygen atoms in total. The molecule has 1 atom stereocenters. The van der Waals surface area contributed by atoms with Crippen LogP contribution in [0.2, 0.25) is 5.02 Å². The normalized spacial score (nSPS) is 17.9. The topological polar surface area (TPSA) is 150 Å². The summed E-state index contributed by atoms with van der Waals surface area (Å²) < 4.78 is 7.32. The third-order valence-electron chi connectivity index (χ3n) is 6.55. The largest absolute Gasteiger partial charge is 0.439 e. The molecule has 3 heterocycles. The molecule has 1 aromatic carbocycles. The number of nitrogens with zero attached hydrogens (tertiary/aromatic N) is 4. The Morgan fingerprint density at radius 1 is 1.22 bits per heavy atom. The molecule has 11 heteroatoms. The van der Waals surface area contributed by atoms with Crippen molar-refractivity contribution in [1.29, 1.82) is 0 Å². The summed E-state index contributed by atoms with van der Waals surface area (Å²) in [5.74, 6) is 0.161. The number of halogens is 1. The summed E-state index contributed by atoms with van der Waals surface area (Å²) in [5.41, 5.74) is 12.8. The van der Waals surface area contributed by atoms with Crippen LogP contribution in [-0.4, -0.2) is 55.3 Å². The second kappa shape index (κ2) is 9.72. The lowest BCUT2D eigenvalue weighted by Crippen LogP contribution is -2.49. The average molecular weight is 521 g/mol. The lowest BCUT2D eigenvalue weighted by molar-refractivity contribution is -0.130. The minimum Gasteiger partial charge on any atom is -0.439 e. The maximum absolute atomic E-state index is 12.8. The van der Waals surface area contributed by atoms with Crippen molar-refractivity contribution in [3.05, 3.63) is 77.5 Å². The molecule has 190 valence electrons. The Kier molecular flexibility index (Phi) is 6.45. The van der Waals surface area contributed by atoms with E-state index in [0.29, 0.717) is 47.3 Å². The molecule has 1 aliphatic carbocycles. The molecule has 1 spiro atoms. The third-order valence-corrected chi connectivity index (χ3v) is 6.77. The van der Waals surface area contributed by atoms with Gasteiger partial charge >= 0.3 is 0 Å². The molecule has 2 aromatic heterocycles. The molecule has 37 heavy (non-hydrogen) atoms. The first kappa shape index (κ1) is 24.5. The Morgan fingerprint density at radius 2 is 1.97 bits per heavy atom. The molecule has 0 bridgehead atoms. The smallest absolute Gasteiger partial charge is 0.254 e. The second-order valence-corrected chi connectivity index (χ2v) is 9.35. The summed E-state index contributed by atoms with van der Waals surface area (Å²) in [4.78, 5) is 31.0. The number of carbonyl (C=O) groups excluding carboxylic acids is 2. The van der Waals surface area contributed by atoms with Gasteiger partial charge in [0.15, 0.2) is 0 Å². The van der Waals surface area contributed by atoms with Gasteiger partial charge in [-0.3, -0.25) is 9.59 Å². The lowest BCUT2D eigenvalue weighted by Gasteiger charge is -2.40. The Morgan fingerprint density at radius 3 is 2.59 bits per heavy atom. The van der Waals surface area contributed by atoms with Crippen molar-refractivity contribution in [3.8, 4) is 22.9 Å². The molecular formula is C26H25ClN6O4. The summed E-state index contributed by atoms with van der Waals surface area (Å²) in [6.45, 7) is 0.118. The van der Waals surface area contributed by atoms with Crippen molar-refractivity contribution in [1.82, 2.24) is 19.7 Å². The standard InChI is InChI=1S/C26H25ClN6O4/c27-17-5-8-20(30-14-17)37-19-6-3-16(4-7-19)23-22(25(29)36)24(28)33(31-23)18-9-10-26(11-12-26)32(15-18)21(35)2-1-13-34/h1-8,11-12,14,18,34H,9-10,13,15,28H2,(H2,29,36)/b2-1+. The molecule has 5 N–H and O–H groups in total. The van der Waals surface area contributed by atoms with E-state index in [-0.39, 0.29) is 35.5 Å². The maximum Gasteiger partial charge on any atom is 0.254 e. The van der Waals surface area contributed by atoms with Crippen LogP contribution in [0.3, 0.4) is 0 Å². The van der Waals surface area contributed by atoms with Crippen LogP contribution in [0.25, 0.3) is 11.3 Å². The molecular weight excluding hydrogens is 496 g/mol. The first-order valence-corrected chi connectivity index (χ1v) is 12.1. The van der Waals surface area contributed by atoms with E-state index in [0.717, 1.165) is 0 Å².